The Morgan fingerprint density at radius 1 is 1.38 bits per heavy atom. The van der Waals surface area contributed by atoms with Gasteiger partial charge in [-0.1, -0.05) is 6.07 Å². The molecular formula is C11H13N3O2. The average molecular weight is 219 g/mol. The number of rotatable bonds is 1. The number of hydrogen-bond acceptors (Lipinski definition) is 3. The van der Waals surface area contributed by atoms with Gasteiger partial charge in [0.15, 0.2) is 0 Å². The van der Waals surface area contributed by atoms with Crippen molar-refractivity contribution in [2.75, 3.05) is 13.2 Å². The summed E-state index contributed by atoms with van der Waals surface area (Å²) < 4.78 is 6.98. The lowest BCUT2D eigenvalue weighted by molar-refractivity contribution is 0.0833. The molecule has 1 aliphatic rings. The molecule has 0 saturated carbocycles. The molecule has 2 aromatic rings. The van der Waals surface area contributed by atoms with Crippen molar-refractivity contribution in [1.29, 1.82) is 0 Å². The van der Waals surface area contributed by atoms with Crippen molar-refractivity contribution in [2.24, 2.45) is 0 Å². The quantitative estimate of drug-likeness (QED) is 0.775. The minimum Gasteiger partial charge on any atom is -0.381 e. The van der Waals surface area contributed by atoms with Crippen LogP contribution in [-0.4, -0.2) is 27.8 Å². The molecule has 2 aromatic heterocycles. The summed E-state index contributed by atoms with van der Waals surface area (Å²) >= 11 is 0. The van der Waals surface area contributed by atoms with Gasteiger partial charge in [0.05, 0.1) is 0 Å². The van der Waals surface area contributed by atoms with Crippen molar-refractivity contribution >= 4 is 5.65 Å². The number of nitrogens with zero attached hydrogens (tertiary/aromatic N) is 2. The van der Waals surface area contributed by atoms with E-state index in [1.54, 1.807) is 16.5 Å². The van der Waals surface area contributed by atoms with Gasteiger partial charge in [-0.25, -0.2) is 4.40 Å². The van der Waals surface area contributed by atoms with E-state index in [1.165, 1.54) is 0 Å². The van der Waals surface area contributed by atoms with Crippen LogP contribution in [0.1, 0.15) is 24.6 Å². The Morgan fingerprint density at radius 3 is 3.00 bits per heavy atom. The summed E-state index contributed by atoms with van der Waals surface area (Å²) in [5.74, 6) is 1.16. The molecule has 1 aliphatic heterocycles. The predicted molar refractivity (Wildman–Crippen MR) is 58.6 cm³/mol. The maximum absolute atomic E-state index is 11.8. The van der Waals surface area contributed by atoms with Gasteiger partial charge in [0, 0.05) is 25.2 Å². The molecule has 0 bridgehead atoms. The molecule has 0 unspecified atom stereocenters. The van der Waals surface area contributed by atoms with E-state index < -0.39 is 0 Å². The lowest BCUT2D eigenvalue weighted by atomic mass is 10.00. The van der Waals surface area contributed by atoms with Crippen molar-refractivity contribution in [3.8, 4) is 0 Å². The van der Waals surface area contributed by atoms with Crippen LogP contribution in [0.15, 0.2) is 23.0 Å². The van der Waals surface area contributed by atoms with Gasteiger partial charge in [-0.3, -0.25) is 9.89 Å². The highest BCUT2D eigenvalue weighted by Gasteiger charge is 2.21. The fraction of sp³-hybridized carbons (Fsp3) is 0.455. The smallest absolute Gasteiger partial charge is 0.257 e. The summed E-state index contributed by atoms with van der Waals surface area (Å²) in [6, 6.07) is 5.16. The predicted octanol–water partition coefficient (Wildman–Crippen LogP) is 0.917. The van der Waals surface area contributed by atoms with E-state index in [0.717, 1.165) is 37.5 Å². The number of hydrogen-bond donors (Lipinski definition) is 1. The normalized spacial score (nSPS) is 18.0. The van der Waals surface area contributed by atoms with Crippen molar-refractivity contribution in [3.63, 3.8) is 0 Å². The van der Waals surface area contributed by atoms with Crippen LogP contribution in [0.25, 0.3) is 5.65 Å². The number of pyridine rings is 1. The van der Waals surface area contributed by atoms with Crippen LogP contribution in [0, 0.1) is 0 Å². The van der Waals surface area contributed by atoms with E-state index in [9.17, 15) is 4.79 Å². The van der Waals surface area contributed by atoms with Gasteiger partial charge < -0.3 is 4.74 Å². The second kappa shape index (κ2) is 3.75. The SMILES string of the molecule is O=c1cccc2[nH]nc(C3CCOCC3)n12. The second-order valence-electron chi connectivity index (χ2n) is 4.05. The van der Waals surface area contributed by atoms with E-state index in [2.05, 4.69) is 10.2 Å². The van der Waals surface area contributed by atoms with E-state index in [0.29, 0.717) is 5.92 Å². The monoisotopic (exact) mass is 219 g/mol. The average Bonchev–Trinajstić information content (AvgIpc) is 2.75. The summed E-state index contributed by atoms with van der Waals surface area (Å²) in [6.45, 7) is 1.50. The fourth-order valence-corrected chi connectivity index (χ4v) is 2.21. The van der Waals surface area contributed by atoms with Crippen LogP contribution in [0.4, 0.5) is 0 Å². The molecule has 0 atom stereocenters. The highest BCUT2D eigenvalue weighted by Crippen LogP contribution is 2.24. The molecule has 0 amide bonds. The molecule has 0 aliphatic carbocycles. The van der Waals surface area contributed by atoms with E-state index >= 15 is 0 Å². The van der Waals surface area contributed by atoms with Crippen molar-refractivity contribution in [2.45, 2.75) is 18.8 Å². The second-order valence-corrected chi connectivity index (χ2v) is 4.05. The summed E-state index contributed by atoms with van der Waals surface area (Å²) in [6.07, 6.45) is 1.86. The molecule has 1 fully saturated rings. The van der Waals surface area contributed by atoms with Gasteiger partial charge in [0.1, 0.15) is 11.5 Å². The summed E-state index contributed by atoms with van der Waals surface area (Å²) in [5.41, 5.74) is 0.738. The largest absolute Gasteiger partial charge is 0.381 e. The number of nitrogens with one attached hydrogen (secondary N) is 1. The third-order valence-corrected chi connectivity index (χ3v) is 3.05. The Morgan fingerprint density at radius 2 is 2.19 bits per heavy atom. The van der Waals surface area contributed by atoms with Crippen molar-refractivity contribution < 1.29 is 4.74 Å². The van der Waals surface area contributed by atoms with Crippen molar-refractivity contribution in [1.82, 2.24) is 14.6 Å². The van der Waals surface area contributed by atoms with Crippen LogP contribution in [0.2, 0.25) is 0 Å². The molecular weight excluding hydrogens is 206 g/mol. The molecule has 0 aromatic carbocycles. The third-order valence-electron chi connectivity index (χ3n) is 3.05. The first kappa shape index (κ1) is 9.59. The first-order valence-corrected chi connectivity index (χ1v) is 5.50. The molecule has 0 radical (unpaired) electrons. The Kier molecular flexibility index (Phi) is 2.25. The van der Waals surface area contributed by atoms with Gasteiger partial charge in [-0.05, 0) is 18.9 Å². The molecule has 5 nitrogen and oxygen atoms in total. The zero-order chi connectivity index (χ0) is 11.0. The highest BCUT2D eigenvalue weighted by atomic mass is 16.5. The molecule has 5 heteroatoms. The Balaban J connectivity index is 2.12. The molecule has 3 rings (SSSR count). The minimum atomic E-state index is -0.0206. The first-order chi connectivity index (χ1) is 7.86. The topological polar surface area (TPSA) is 59.4 Å². The van der Waals surface area contributed by atoms with Crippen LogP contribution in [0.3, 0.4) is 0 Å². The standard InChI is InChI=1S/C11H13N3O2/c15-10-3-1-2-9-12-13-11(14(9)10)8-4-6-16-7-5-8/h1-3,8,12H,4-7H2. The minimum absolute atomic E-state index is 0.0206. The Hall–Kier alpha value is -1.62. The number of fused-ring (bicyclic) bond motifs is 1. The summed E-state index contributed by atoms with van der Waals surface area (Å²) in [4.78, 5) is 11.8. The van der Waals surface area contributed by atoms with Crippen LogP contribution < -0.4 is 5.56 Å². The van der Waals surface area contributed by atoms with Gasteiger partial charge in [0.25, 0.3) is 5.56 Å². The zero-order valence-corrected chi connectivity index (χ0v) is 8.85. The first-order valence-electron chi connectivity index (χ1n) is 5.50. The number of aromatic amines is 1. The molecule has 1 saturated heterocycles. The molecule has 1 N–H and O–H groups in total. The molecule has 0 spiro atoms. The van der Waals surface area contributed by atoms with Gasteiger partial charge in [0.2, 0.25) is 0 Å². The fourth-order valence-electron chi connectivity index (χ4n) is 2.21. The zero-order valence-electron chi connectivity index (χ0n) is 8.85. The Labute approximate surface area is 92.1 Å². The third kappa shape index (κ3) is 1.44. The van der Waals surface area contributed by atoms with Gasteiger partial charge in [-0.2, -0.15) is 5.10 Å². The van der Waals surface area contributed by atoms with E-state index in [4.69, 9.17) is 4.74 Å². The summed E-state index contributed by atoms with van der Waals surface area (Å²) in [5, 5.41) is 7.16. The van der Waals surface area contributed by atoms with E-state index in [1.807, 2.05) is 6.07 Å². The number of ether oxygens (including phenoxy) is 1. The van der Waals surface area contributed by atoms with Crippen LogP contribution in [0.5, 0.6) is 0 Å². The molecule has 84 valence electrons. The lowest BCUT2D eigenvalue weighted by Crippen LogP contribution is -2.20. The lowest BCUT2D eigenvalue weighted by Gasteiger charge is -2.20. The van der Waals surface area contributed by atoms with Crippen molar-refractivity contribution in [3.05, 3.63) is 34.4 Å². The van der Waals surface area contributed by atoms with Gasteiger partial charge in [-0.15, -0.1) is 0 Å². The summed E-state index contributed by atoms with van der Waals surface area (Å²) in [7, 11) is 0. The van der Waals surface area contributed by atoms with Gasteiger partial charge >= 0.3 is 0 Å². The van der Waals surface area contributed by atoms with Crippen LogP contribution >= 0.6 is 0 Å². The van der Waals surface area contributed by atoms with E-state index in [-0.39, 0.29) is 5.56 Å². The molecule has 16 heavy (non-hydrogen) atoms. The Bertz CT molecular complexity index is 552. The number of H-pyrrole nitrogens is 1. The maximum Gasteiger partial charge on any atom is 0.257 e. The van der Waals surface area contributed by atoms with Crippen LogP contribution in [-0.2, 0) is 4.74 Å². The maximum atomic E-state index is 11.8. The highest BCUT2D eigenvalue weighted by molar-refractivity contribution is 5.37. The number of aromatic nitrogens is 3. The molecule has 3 heterocycles.